The summed E-state index contributed by atoms with van der Waals surface area (Å²) in [7, 11) is 1.40. The number of benzene rings is 1. The van der Waals surface area contributed by atoms with E-state index in [4.69, 9.17) is 0 Å². The van der Waals surface area contributed by atoms with Crippen molar-refractivity contribution in [1.29, 1.82) is 0 Å². The first kappa shape index (κ1) is 17.0. The Kier molecular flexibility index (Phi) is 5.73. The van der Waals surface area contributed by atoms with Gasteiger partial charge in [0, 0.05) is 13.0 Å². The molecule has 1 aliphatic rings. The van der Waals surface area contributed by atoms with Gasteiger partial charge < -0.3 is 10.4 Å². The number of aliphatic carboxylic acids is 1. The summed E-state index contributed by atoms with van der Waals surface area (Å²) in [5, 5.41) is 11.7. The smallest absolute Gasteiger partial charge is 0.330 e. The molecule has 0 bridgehead atoms. The predicted octanol–water partition coefficient (Wildman–Crippen LogP) is 2.56. The second-order valence-electron chi connectivity index (χ2n) is 5.86. The molecule has 3 amide bonds. The van der Waals surface area contributed by atoms with Crippen molar-refractivity contribution in [2.45, 2.75) is 38.1 Å². The lowest BCUT2D eigenvalue weighted by Crippen LogP contribution is -2.46. The van der Waals surface area contributed by atoms with Crippen molar-refractivity contribution in [3.8, 4) is 0 Å². The number of hydrogen-bond donors (Lipinski definition) is 2. The van der Waals surface area contributed by atoms with Crippen molar-refractivity contribution in [1.82, 2.24) is 10.2 Å². The Balaban J connectivity index is 2.03. The van der Waals surface area contributed by atoms with Gasteiger partial charge in [0.2, 0.25) is 5.91 Å². The summed E-state index contributed by atoms with van der Waals surface area (Å²) < 4.78 is 0. The van der Waals surface area contributed by atoms with Crippen LogP contribution in [0, 0.1) is 5.92 Å². The molecule has 0 saturated heterocycles. The lowest BCUT2D eigenvalue weighted by molar-refractivity contribution is -0.140. The average Bonchev–Trinajstić information content (AvgIpc) is 2.59. The summed E-state index contributed by atoms with van der Waals surface area (Å²) in [5.41, 5.74) is 0.465. The molecule has 6 nitrogen and oxygen atoms in total. The van der Waals surface area contributed by atoms with Gasteiger partial charge in [0.05, 0.1) is 0 Å². The van der Waals surface area contributed by atoms with E-state index in [0.717, 1.165) is 37.0 Å². The molecule has 0 heterocycles. The lowest BCUT2D eigenvalue weighted by atomic mass is 9.88. The molecule has 2 N–H and O–H groups in total. The van der Waals surface area contributed by atoms with E-state index in [1.807, 2.05) is 0 Å². The van der Waals surface area contributed by atoms with Gasteiger partial charge in [0.25, 0.3) is 0 Å². The van der Waals surface area contributed by atoms with E-state index < -0.39 is 18.0 Å². The molecule has 1 aromatic rings. The van der Waals surface area contributed by atoms with E-state index in [9.17, 15) is 19.5 Å². The van der Waals surface area contributed by atoms with Gasteiger partial charge >= 0.3 is 12.0 Å². The highest BCUT2D eigenvalue weighted by atomic mass is 16.4. The maximum atomic E-state index is 12.3. The van der Waals surface area contributed by atoms with Crippen LogP contribution in [0.2, 0.25) is 0 Å². The number of urea groups is 1. The first-order chi connectivity index (χ1) is 11.0. The summed E-state index contributed by atoms with van der Waals surface area (Å²) in [6.45, 7) is 0. The monoisotopic (exact) mass is 318 g/mol. The number of carbonyl (C=O) groups excluding carboxylic acids is 2. The Morgan fingerprint density at radius 3 is 2.30 bits per heavy atom. The fourth-order valence-corrected chi connectivity index (χ4v) is 2.88. The van der Waals surface area contributed by atoms with Gasteiger partial charge in [-0.3, -0.25) is 9.69 Å². The zero-order chi connectivity index (χ0) is 16.8. The topological polar surface area (TPSA) is 86.7 Å². The van der Waals surface area contributed by atoms with Crippen LogP contribution in [0.25, 0.3) is 0 Å². The largest absolute Gasteiger partial charge is 0.479 e. The fourth-order valence-electron chi connectivity index (χ4n) is 2.88. The Labute approximate surface area is 135 Å². The summed E-state index contributed by atoms with van der Waals surface area (Å²) in [5.74, 6) is -1.54. The summed E-state index contributed by atoms with van der Waals surface area (Å²) >= 11 is 0. The second kappa shape index (κ2) is 7.76. The molecule has 6 heteroatoms. The van der Waals surface area contributed by atoms with Crippen molar-refractivity contribution in [2.24, 2.45) is 5.92 Å². The second-order valence-corrected chi connectivity index (χ2v) is 5.86. The molecule has 0 aliphatic heterocycles. The molecule has 1 atom stereocenters. The van der Waals surface area contributed by atoms with Crippen LogP contribution >= 0.6 is 0 Å². The Morgan fingerprint density at radius 1 is 1.13 bits per heavy atom. The Morgan fingerprint density at radius 2 is 1.74 bits per heavy atom. The van der Waals surface area contributed by atoms with E-state index in [-0.39, 0.29) is 11.8 Å². The molecule has 2 rings (SSSR count). The van der Waals surface area contributed by atoms with Gasteiger partial charge in [-0.05, 0) is 18.4 Å². The number of nitrogens with one attached hydrogen (secondary N) is 1. The van der Waals surface area contributed by atoms with Gasteiger partial charge in [-0.15, -0.1) is 0 Å². The van der Waals surface area contributed by atoms with Gasteiger partial charge in [-0.2, -0.15) is 0 Å². The molecule has 1 unspecified atom stereocenters. The van der Waals surface area contributed by atoms with Crippen molar-refractivity contribution in [3.05, 3.63) is 35.9 Å². The van der Waals surface area contributed by atoms with Crippen LogP contribution in [0.3, 0.4) is 0 Å². The number of carboxylic acids is 1. The highest BCUT2D eigenvalue weighted by molar-refractivity contribution is 5.96. The molecule has 124 valence electrons. The summed E-state index contributed by atoms with van der Waals surface area (Å²) in [4.78, 5) is 37.0. The number of imide groups is 1. The molecule has 1 aliphatic carbocycles. The quantitative estimate of drug-likeness (QED) is 0.893. The highest BCUT2D eigenvalue weighted by Crippen LogP contribution is 2.25. The Bertz CT molecular complexity index is 567. The summed E-state index contributed by atoms with van der Waals surface area (Å²) in [6, 6.07) is 6.57. The predicted molar refractivity (Wildman–Crippen MR) is 84.7 cm³/mol. The molecule has 1 fully saturated rings. The van der Waals surface area contributed by atoms with Crippen molar-refractivity contribution in [2.75, 3.05) is 7.05 Å². The molecular weight excluding hydrogens is 296 g/mol. The third kappa shape index (κ3) is 4.31. The number of amides is 3. The third-order valence-electron chi connectivity index (χ3n) is 4.24. The molecule has 0 aromatic heterocycles. The third-order valence-corrected chi connectivity index (χ3v) is 4.24. The number of nitrogens with zero attached hydrogens (tertiary/aromatic N) is 1. The van der Waals surface area contributed by atoms with Crippen LogP contribution in [-0.4, -0.2) is 35.0 Å². The van der Waals surface area contributed by atoms with Crippen LogP contribution < -0.4 is 5.32 Å². The minimum absolute atomic E-state index is 0.139. The first-order valence-corrected chi connectivity index (χ1v) is 7.86. The van der Waals surface area contributed by atoms with Crippen LogP contribution in [0.4, 0.5) is 4.79 Å². The van der Waals surface area contributed by atoms with Crippen LogP contribution in [-0.2, 0) is 9.59 Å². The molecule has 1 saturated carbocycles. The molecular formula is C17H22N2O4. The van der Waals surface area contributed by atoms with Gasteiger partial charge in [-0.1, -0.05) is 49.6 Å². The van der Waals surface area contributed by atoms with E-state index in [1.54, 1.807) is 30.3 Å². The van der Waals surface area contributed by atoms with Crippen molar-refractivity contribution < 1.29 is 19.5 Å². The number of hydrogen-bond acceptors (Lipinski definition) is 3. The van der Waals surface area contributed by atoms with E-state index in [1.165, 1.54) is 7.05 Å². The number of carbonyl (C=O) groups is 3. The first-order valence-electron chi connectivity index (χ1n) is 7.86. The fraction of sp³-hybridized carbons (Fsp3) is 0.471. The van der Waals surface area contributed by atoms with Gasteiger partial charge in [-0.25, -0.2) is 9.59 Å². The number of rotatable bonds is 4. The molecule has 0 spiro atoms. The zero-order valence-corrected chi connectivity index (χ0v) is 13.2. The molecule has 0 radical (unpaired) electrons. The maximum Gasteiger partial charge on any atom is 0.330 e. The maximum absolute atomic E-state index is 12.3. The minimum Gasteiger partial charge on any atom is -0.479 e. The lowest BCUT2D eigenvalue weighted by Gasteiger charge is -2.26. The molecule has 23 heavy (non-hydrogen) atoms. The van der Waals surface area contributed by atoms with Gasteiger partial charge in [0.1, 0.15) is 0 Å². The molecule has 1 aromatic carbocycles. The highest BCUT2D eigenvalue weighted by Gasteiger charge is 2.30. The van der Waals surface area contributed by atoms with E-state index >= 15 is 0 Å². The Hall–Kier alpha value is -2.37. The van der Waals surface area contributed by atoms with Crippen LogP contribution in [0.1, 0.15) is 43.7 Å². The van der Waals surface area contributed by atoms with Crippen molar-refractivity contribution in [3.63, 3.8) is 0 Å². The average molecular weight is 318 g/mol. The summed E-state index contributed by atoms with van der Waals surface area (Å²) in [6.07, 6.45) is 4.69. The van der Waals surface area contributed by atoms with E-state index in [0.29, 0.717) is 5.56 Å². The normalized spacial score (nSPS) is 16.4. The van der Waals surface area contributed by atoms with Crippen LogP contribution in [0.5, 0.6) is 0 Å². The SMILES string of the molecule is CN(C(=O)NC(C(=O)O)c1ccccc1)C(=O)C1CCCCC1. The van der Waals surface area contributed by atoms with Crippen molar-refractivity contribution >= 4 is 17.9 Å². The van der Waals surface area contributed by atoms with Crippen LogP contribution in [0.15, 0.2) is 30.3 Å². The standard InChI is InChI=1S/C17H22N2O4/c1-19(15(20)13-10-6-3-7-11-13)17(23)18-14(16(21)22)12-8-4-2-5-9-12/h2,4-5,8-9,13-14H,3,6-7,10-11H2,1H3,(H,18,23)(H,21,22). The van der Waals surface area contributed by atoms with Gasteiger partial charge in [0.15, 0.2) is 6.04 Å². The number of carboxylic acid groups (broad SMARTS) is 1. The minimum atomic E-state index is -1.18. The zero-order valence-electron chi connectivity index (χ0n) is 13.2. The van der Waals surface area contributed by atoms with E-state index in [2.05, 4.69) is 5.32 Å².